The predicted octanol–water partition coefficient (Wildman–Crippen LogP) is 1.97. The van der Waals surface area contributed by atoms with E-state index in [9.17, 15) is 17.6 Å². The Morgan fingerprint density at radius 2 is 1.77 bits per heavy atom. The summed E-state index contributed by atoms with van der Waals surface area (Å²) in [4.78, 5) is 14.2. The van der Waals surface area contributed by atoms with Gasteiger partial charge >= 0.3 is 0 Å². The van der Waals surface area contributed by atoms with Crippen LogP contribution in [0.15, 0.2) is 41.1 Å². The number of amides is 1. The number of sulfonamides is 1. The number of allylic oxidation sites excluding steroid dienone is 1. The van der Waals surface area contributed by atoms with Gasteiger partial charge in [0.1, 0.15) is 5.83 Å². The summed E-state index contributed by atoms with van der Waals surface area (Å²) in [6.07, 6.45) is 1.61. The number of rotatable bonds is 8. The Hall–Kier alpha value is -2.27. The second-order valence-electron chi connectivity index (χ2n) is 7.26. The highest BCUT2D eigenvalue weighted by Gasteiger charge is 2.23. The van der Waals surface area contributed by atoms with E-state index in [1.165, 1.54) is 41.9 Å². The van der Waals surface area contributed by atoms with E-state index >= 15 is 0 Å². The molecule has 0 aliphatic rings. The van der Waals surface area contributed by atoms with Crippen LogP contribution in [0.1, 0.15) is 27.3 Å². The van der Waals surface area contributed by atoms with Crippen LogP contribution in [-0.2, 0) is 23.0 Å². The Kier molecular flexibility index (Phi) is 9.37. The molecule has 1 amide bonds. The van der Waals surface area contributed by atoms with Crippen LogP contribution in [0.4, 0.5) is 4.39 Å². The Morgan fingerprint density at radius 3 is 2.26 bits per heavy atom. The molecule has 8 nitrogen and oxygen atoms in total. The minimum absolute atomic E-state index is 0. The SMILES string of the molecule is Cc1c(Cc2ccc(S(=O)(=O)N(C)C)cc2)c(C(=O)N(C)C)nn1CC(F)=CCN.Cl. The maximum atomic E-state index is 14.0. The Labute approximate surface area is 189 Å². The summed E-state index contributed by atoms with van der Waals surface area (Å²) in [7, 11) is 2.66. The standard InChI is InChI=1S/C20H28FN5O3S.ClH/c1-14-18(12-15-6-8-17(9-7-15)30(28,29)25(4)5)19(20(27)24(2)3)23-26(14)13-16(21)10-11-22;/h6-10H,11-13,22H2,1-5H3;1H. The normalized spacial score (nSPS) is 12.1. The largest absolute Gasteiger partial charge is 0.343 e. The zero-order valence-corrected chi connectivity index (χ0v) is 19.9. The molecule has 172 valence electrons. The van der Waals surface area contributed by atoms with Crippen molar-refractivity contribution in [2.24, 2.45) is 5.73 Å². The lowest BCUT2D eigenvalue weighted by molar-refractivity contribution is 0.0820. The molecule has 0 bridgehead atoms. The number of carbonyl (C=O) groups excluding carboxylic acids is 1. The first-order chi connectivity index (χ1) is 14.0. The van der Waals surface area contributed by atoms with Crippen LogP contribution in [0.2, 0.25) is 0 Å². The van der Waals surface area contributed by atoms with E-state index < -0.39 is 15.9 Å². The molecule has 0 aliphatic heterocycles. The molecular weight excluding hydrogens is 445 g/mol. The second kappa shape index (κ2) is 10.9. The lowest BCUT2D eigenvalue weighted by Gasteiger charge is -2.12. The lowest BCUT2D eigenvalue weighted by Crippen LogP contribution is -2.23. The molecule has 1 aromatic carbocycles. The number of hydrogen-bond donors (Lipinski definition) is 1. The van der Waals surface area contributed by atoms with Gasteiger partial charge in [-0.2, -0.15) is 5.10 Å². The summed E-state index contributed by atoms with van der Waals surface area (Å²) in [6.45, 7) is 1.73. The van der Waals surface area contributed by atoms with Crippen LogP contribution in [0.5, 0.6) is 0 Å². The molecule has 0 saturated carbocycles. The van der Waals surface area contributed by atoms with Gasteiger partial charge in [0, 0.05) is 52.4 Å². The third-order valence-electron chi connectivity index (χ3n) is 4.66. The molecule has 0 spiro atoms. The van der Waals surface area contributed by atoms with Gasteiger partial charge < -0.3 is 10.6 Å². The third kappa shape index (κ3) is 6.13. The van der Waals surface area contributed by atoms with E-state index in [2.05, 4.69) is 5.10 Å². The number of hydrogen-bond acceptors (Lipinski definition) is 5. The molecule has 0 unspecified atom stereocenters. The van der Waals surface area contributed by atoms with E-state index in [-0.39, 0.29) is 42.0 Å². The van der Waals surface area contributed by atoms with Gasteiger partial charge in [-0.05, 0) is 30.7 Å². The zero-order chi connectivity index (χ0) is 22.6. The molecule has 11 heteroatoms. The van der Waals surface area contributed by atoms with Gasteiger partial charge in [0.2, 0.25) is 10.0 Å². The fraction of sp³-hybridized carbons (Fsp3) is 0.400. The molecular formula is C20H29ClFN5O3S. The third-order valence-corrected chi connectivity index (χ3v) is 6.49. The molecule has 31 heavy (non-hydrogen) atoms. The topological polar surface area (TPSA) is 102 Å². The Bertz CT molecular complexity index is 1050. The molecule has 0 saturated heterocycles. The van der Waals surface area contributed by atoms with Crippen molar-refractivity contribution >= 4 is 28.3 Å². The van der Waals surface area contributed by atoms with E-state index in [0.717, 1.165) is 9.87 Å². The van der Waals surface area contributed by atoms with Gasteiger partial charge in [0.25, 0.3) is 5.91 Å². The first kappa shape index (κ1) is 26.8. The smallest absolute Gasteiger partial charge is 0.274 e. The number of nitrogens with two attached hydrogens (primary N) is 1. The van der Waals surface area contributed by atoms with Crippen molar-refractivity contribution in [1.29, 1.82) is 0 Å². The van der Waals surface area contributed by atoms with Crippen molar-refractivity contribution < 1.29 is 17.6 Å². The molecule has 0 fully saturated rings. The Balaban J connectivity index is 0.00000480. The number of carbonyl (C=O) groups is 1. The summed E-state index contributed by atoms with van der Waals surface area (Å²) in [5.74, 6) is -0.724. The fourth-order valence-electron chi connectivity index (χ4n) is 2.86. The first-order valence-electron chi connectivity index (χ1n) is 9.33. The zero-order valence-electron chi connectivity index (χ0n) is 18.3. The minimum atomic E-state index is -3.52. The van der Waals surface area contributed by atoms with E-state index in [1.807, 2.05) is 0 Å². The van der Waals surface area contributed by atoms with Crippen LogP contribution < -0.4 is 5.73 Å². The fourth-order valence-corrected chi connectivity index (χ4v) is 3.76. The number of benzene rings is 1. The number of aromatic nitrogens is 2. The van der Waals surface area contributed by atoms with Crippen LogP contribution in [0.25, 0.3) is 0 Å². The predicted molar refractivity (Wildman–Crippen MR) is 121 cm³/mol. The van der Waals surface area contributed by atoms with Gasteiger partial charge in [0.15, 0.2) is 5.69 Å². The molecule has 0 radical (unpaired) electrons. The van der Waals surface area contributed by atoms with Gasteiger partial charge in [0.05, 0.1) is 11.4 Å². The maximum Gasteiger partial charge on any atom is 0.274 e. The molecule has 0 aliphatic carbocycles. The van der Waals surface area contributed by atoms with Crippen LogP contribution >= 0.6 is 12.4 Å². The highest BCUT2D eigenvalue weighted by molar-refractivity contribution is 7.89. The van der Waals surface area contributed by atoms with Crippen molar-refractivity contribution in [3.8, 4) is 0 Å². The highest BCUT2D eigenvalue weighted by Crippen LogP contribution is 2.22. The van der Waals surface area contributed by atoms with Gasteiger partial charge in [-0.15, -0.1) is 12.4 Å². The van der Waals surface area contributed by atoms with Crippen molar-refractivity contribution in [1.82, 2.24) is 19.0 Å². The molecule has 2 aromatic rings. The first-order valence-corrected chi connectivity index (χ1v) is 10.8. The monoisotopic (exact) mass is 473 g/mol. The van der Waals surface area contributed by atoms with E-state index in [0.29, 0.717) is 17.7 Å². The number of nitrogens with zero attached hydrogens (tertiary/aromatic N) is 4. The van der Waals surface area contributed by atoms with Crippen molar-refractivity contribution in [2.45, 2.75) is 24.8 Å². The average Bonchev–Trinajstić information content (AvgIpc) is 2.97. The summed E-state index contributed by atoms with van der Waals surface area (Å²) < 4.78 is 41.1. The van der Waals surface area contributed by atoms with Crippen LogP contribution in [0, 0.1) is 6.92 Å². The van der Waals surface area contributed by atoms with Gasteiger partial charge in [-0.3, -0.25) is 9.48 Å². The van der Waals surface area contributed by atoms with Gasteiger partial charge in [-0.1, -0.05) is 12.1 Å². The second-order valence-corrected chi connectivity index (χ2v) is 9.42. The van der Waals surface area contributed by atoms with Crippen molar-refractivity contribution in [3.05, 3.63) is 58.7 Å². The van der Waals surface area contributed by atoms with Crippen molar-refractivity contribution in [2.75, 3.05) is 34.7 Å². The molecule has 2 rings (SSSR count). The Morgan fingerprint density at radius 1 is 1.19 bits per heavy atom. The summed E-state index contributed by atoms with van der Waals surface area (Å²) >= 11 is 0. The quantitative estimate of drug-likeness (QED) is 0.631. The molecule has 0 atom stereocenters. The highest BCUT2D eigenvalue weighted by atomic mass is 35.5. The van der Waals surface area contributed by atoms with Crippen LogP contribution in [0.3, 0.4) is 0 Å². The van der Waals surface area contributed by atoms with Crippen molar-refractivity contribution in [3.63, 3.8) is 0 Å². The summed E-state index contributed by atoms with van der Waals surface area (Å²) in [5.41, 5.74) is 7.72. The minimum Gasteiger partial charge on any atom is -0.343 e. The molecule has 2 N–H and O–H groups in total. The van der Waals surface area contributed by atoms with Gasteiger partial charge in [-0.25, -0.2) is 17.1 Å². The van der Waals surface area contributed by atoms with E-state index in [1.54, 1.807) is 33.2 Å². The van der Waals surface area contributed by atoms with Crippen LogP contribution in [-0.4, -0.2) is 68.0 Å². The molecule has 1 heterocycles. The summed E-state index contributed by atoms with van der Waals surface area (Å²) in [5, 5.41) is 4.33. The summed E-state index contributed by atoms with van der Waals surface area (Å²) in [6, 6.07) is 6.46. The number of halogens is 2. The molecule has 1 aromatic heterocycles. The maximum absolute atomic E-state index is 14.0. The van der Waals surface area contributed by atoms with E-state index in [4.69, 9.17) is 5.73 Å². The average molecular weight is 474 g/mol. The lowest BCUT2D eigenvalue weighted by atomic mass is 10.0.